The fraction of sp³-hybridized carbons (Fsp3) is 0.417. The summed E-state index contributed by atoms with van der Waals surface area (Å²) in [4.78, 5) is 11.5. The van der Waals surface area contributed by atoms with Gasteiger partial charge in [-0.1, -0.05) is 11.6 Å². The molecule has 0 saturated heterocycles. The molecule has 2 N–H and O–H groups in total. The number of anilines is 1. The van der Waals surface area contributed by atoms with Gasteiger partial charge in [-0.05, 0) is 11.8 Å². The minimum Gasteiger partial charge on any atom is -0.382 e. The van der Waals surface area contributed by atoms with Crippen molar-refractivity contribution in [2.75, 3.05) is 12.8 Å². The van der Waals surface area contributed by atoms with E-state index in [4.69, 9.17) is 16.9 Å². The molecule has 11 heteroatoms. The standard InChI is InChI=1S/C12H18B4FN5O/c1-3-11(23-2,9(13)14)4-12(15,16)22-5-19-6-7(18)20-10(17)21-8(6)22/h1,5,9H,4,13-16H2,2H3,(H2,18,20,21). The van der Waals surface area contributed by atoms with Gasteiger partial charge in [0.2, 0.25) is 0 Å². The lowest BCUT2D eigenvalue weighted by atomic mass is 9.51. The Morgan fingerprint density at radius 2 is 2.13 bits per heavy atom. The van der Waals surface area contributed by atoms with Gasteiger partial charge in [0, 0.05) is 7.11 Å². The largest absolute Gasteiger partial charge is 0.382 e. The van der Waals surface area contributed by atoms with Gasteiger partial charge in [0.1, 0.15) is 42.5 Å². The highest BCUT2D eigenvalue weighted by atomic mass is 19.1. The van der Waals surface area contributed by atoms with Crippen molar-refractivity contribution in [2.24, 2.45) is 0 Å². The molecule has 2 aromatic heterocycles. The van der Waals surface area contributed by atoms with Crippen molar-refractivity contribution < 1.29 is 9.13 Å². The zero-order valence-corrected chi connectivity index (χ0v) is 14.1. The van der Waals surface area contributed by atoms with Gasteiger partial charge >= 0.3 is 6.08 Å². The molecular weight excluding hydrogens is 292 g/mol. The first-order chi connectivity index (χ1) is 10.7. The first-order valence-corrected chi connectivity index (χ1v) is 7.36. The van der Waals surface area contributed by atoms with Crippen LogP contribution in [0.3, 0.4) is 0 Å². The molecule has 6 nitrogen and oxygen atoms in total. The molecule has 116 valence electrons. The number of hydrogen-bond donors (Lipinski definition) is 1. The second kappa shape index (κ2) is 5.93. The van der Waals surface area contributed by atoms with Gasteiger partial charge in [-0.2, -0.15) is 14.4 Å². The Hall–Kier alpha value is -1.94. The lowest BCUT2D eigenvalue weighted by Gasteiger charge is -2.39. The molecule has 0 aliphatic heterocycles. The number of methoxy groups -OCH3 is 1. The summed E-state index contributed by atoms with van der Waals surface area (Å²) >= 11 is 0. The average Bonchev–Trinajstić information content (AvgIpc) is 2.89. The number of ether oxygens (including phenoxy) is 1. The number of nitrogens with zero attached hydrogens (tertiary/aromatic N) is 4. The summed E-state index contributed by atoms with van der Waals surface area (Å²) in [7, 11) is 9.55. The van der Waals surface area contributed by atoms with Crippen LogP contribution in [0.4, 0.5) is 10.2 Å². The van der Waals surface area contributed by atoms with Gasteiger partial charge in [0.15, 0.2) is 11.5 Å². The van der Waals surface area contributed by atoms with E-state index in [0.29, 0.717) is 17.6 Å². The van der Waals surface area contributed by atoms with E-state index in [9.17, 15) is 4.39 Å². The van der Waals surface area contributed by atoms with Crippen LogP contribution in [0.15, 0.2) is 6.33 Å². The van der Waals surface area contributed by atoms with Crippen LogP contribution < -0.4 is 5.73 Å². The molecule has 0 saturated carbocycles. The molecular formula is C12H18B4FN5O. The lowest BCUT2D eigenvalue weighted by molar-refractivity contribution is 0.0341. The van der Waals surface area contributed by atoms with Gasteiger partial charge in [-0.3, -0.25) is 0 Å². The monoisotopic (exact) mass is 311 g/mol. The van der Waals surface area contributed by atoms with Crippen LogP contribution in [0.25, 0.3) is 11.2 Å². The van der Waals surface area contributed by atoms with Gasteiger partial charge in [-0.15, -0.1) is 6.42 Å². The van der Waals surface area contributed by atoms with E-state index in [1.807, 2.05) is 31.4 Å². The minimum atomic E-state index is -0.883. The average molecular weight is 311 g/mol. The van der Waals surface area contributed by atoms with Crippen molar-refractivity contribution in [3.05, 3.63) is 12.4 Å². The Balaban J connectivity index is 2.54. The molecule has 1 atom stereocenters. The number of rotatable bonds is 5. The molecule has 0 amide bonds. The van der Waals surface area contributed by atoms with Crippen LogP contribution in [0.5, 0.6) is 0 Å². The fourth-order valence-corrected chi connectivity index (χ4v) is 2.85. The Morgan fingerprint density at radius 1 is 1.48 bits per heavy atom. The number of nitrogens with two attached hydrogens (primary N) is 1. The molecule has 2 aromatic rings. The third-order valence-corrected chi connectivity index (χ3v) is 4.28. The summed E-state index contributed by atoms with van der Waals surface area (Å²) in [6.07, 6.45) is 6.93. The first kappa shape index (κ1) is 17.4. The zero-order valence-electron chi connectivity index (χ0n) is 14.1. The highest BCUT2D eigenvalue weighted by Gasteiger charge is 2.39. The Morgan fingerprint density at radius 3 is 2.65 bits per heavy atom. The van der Waals surface area contributed by atoms with E-state index in [2.05, 4.69) is 20.9 Å². The molecule has 23 heavy (non-hydrogen) atoms. The summed E-state index contributed by atoms with van der Waals surface area (Å²) in [6.45, 7) is 0. The third-order valence-electron chi connectivity index (χ3n) is 4.28. The van der Waals surface area contributed by atoms with Crippen molar-refractivity contribution in [1.82, 2.24) is 19.5 Å². The third kappa shape index (κ3) is 2.95. The van der Waals surface area contributed by atoms with Gasteiger partial charge < -0.3 is 15.0 Å². The van der Waals surface area contributed by atoms with E-state index in [0.717, 1.165) is 0 Å². The number of fused-ring (bicyclic) bond motifs is 1. The fourth-order valence-electron chi connectivity index (χ4n) is 2.85. The van der Waals surface area contributed by atoms with Crippen molar-refractivity contribution in [3.8, 4) is 12.3 Å². The van der Waals surface area contributed by atoms with Crippen molar-refractivity contribution in [3.63, 3.8) is 0 Å². The molecule has 0 aliphatic carbocycles. The molecule has 0 radical (unpaired) electrons. The summed E-state index contributed by atoms with van der Waals surface area (Å²) in [6, 6.07) is 0. The van der Waals surface area contributed by atoms with Gasteiger partial charge in [0.05, 0.1) is 6.33 Å². The van der Waals surface area contributed by atoms with Gasteiger partial charge in [-0.25, -0.2) is 4.98 Å². The predicted molar refractivity (Wildman–Crippen MR) is 98.8 cm³/mol. The second-order valence-electron chi connectivity index (χ2n) is 6.55. The molecule has 0 aromatic carbocycles. The topological polar surface area (TPSA) is 78.9 Å². The summed E-state index contributed by atoms with van der Waals surface area (Å²) in [5.41, 5.74) is 5.77. The number of aromatic nitrogens is 4. The maximum atomic E-state index is 13.5. The summed E-state index contributed by atoms with van der Waals surface area (Å²) in [5, 5.41) is -0.519. The zero-order chi connectivity index (χ0) is 17.4. The summed E-state index contributed by atoms with van der Waals surface area (Å²) in [5.74, 6) is 2.78. The Kier molecular flexibility index (Phi) is 4.49. The molecule has 2 heterocycles. The molecule has 0 spiro atoms. The molecule has 1 unspecified atom stereocenters. The highest BCUT2D eigenvalue weighted by molar-refractivity contribution is 6.39. The number of imidazole rings is 1. The molecule has 0 fully saturated rings. The maximum absolute atomic E-state index is 13.5. The Bertz CT molecular complexity index is 775. The van der Waals surface area contributed by atoms with E-state index in [1.54, 1.807) is 18.0 Å². The smallest absolute Gasteiger partial charge is 0.312 e. The van der Waals surface area contributed by atoms with Crippen LogP contribution in [0.1, 0.15) is 6.42 Å². The van der Waals surface area contributed by atoms with E-state index in [1.165, 1.54) is 0 Å². The SMILES string of the molecule is BC(B)C(C#C)(CC(B)(B)n1cnc2c(N)nc(F)nc21)OC. The van der Waals surface area contributed by atoms with Gasteiger partial charge in [0.25, 0.3) is 0 Å². The van der Waals surface area contributed by atoms with Crippen LogP contribution in [-0.4, -0.2) is 63.6 Å². The van der Waals surface area contributed by atoms with Crippen LogP contribution >= 0.6 is 0 Å². The second-order valence-corrected chi connectivity index (χ2v) is 6.55. The number of terminal acetylenes is 1. The maximum Gasteiger partial charge on any atom is 0.312 e. The quantitative estimate of drug-likeness (QED) is 0.358. The van der Waals surface area contributed by atoms with E-state index in [-0.39, 0.29) is 11.5 Å². The van der Waals surface area contributed by atoms with Crippen molar-refractivity contribution in [2.45, 2.75) is 23.1 Å². The van der Waals surface area contributed by atoms with Crippen LogP contribution in [0.2, 0.25) is 5.72 Å². The van der Waals surface area contributed by atoms with Crippen molar-refractivity contribution in [1.29, 1.82) is 0 Å². The minimum absolute atomic E-state index is 0.0147. The van der Waals surface area contributed by atoms with E-state index < -0.39 is 17.0 Å². The molecule has 2 rings (SSSR count). The highest BCUT2D eigenvalue weighted by Crippen LogP contribution is 2.33. The predicted octanol–water partition coefficient (Wildman–Crippen LogP) is -3.16. The lowest BCUT2D eigenvalue weighted by Crippen LogP contribution is -2.47. The van der Waals surface area contributed by atoms with E-state index >= 15 is 0 Å². The molecule has 0 aliphatic rings. The number of nitrogen functional groups attached to an aromatic ring is 1. The van der Waals surface area contributed by atoms with Crippen LogP contribution in [0, 0.1) is 18.4 Å². The molecule has 0 bridgehead atoms. The number of hydrogen-bond acceptors (Lipinski definition) is 5. The number of halogens is 1. The Labute approximate surface area is 138 Å². The first-order valence-electron chi connectivity index (χ1n) is 7.36. The normalized spacial score (nSPS) is 14.7. The van der Waals surface area contributed by atoms with Crippen LogP contribution in [-0.2, 0) is 10.1 Å². The van der Waals surface area contributed by atoms with Crippen molar-refractivity contribution >= 4 is 48.4 Å². The summed E-state index contributed by atoms with van der Waals surface area (Å²) < 4.78 is 20.9.